The van der Waals surface area contributed by atoms with Crippen molar-refractivity contribution in [2.45, 2.75) is 31.7 Å². The molecular weight excluding hydrogens is 352 g/mol. The van der Waals surface area contributed by atoms with Crippen molar-refractivity contribution < 1.29 is 24.0 Å². The van der Waals surface area contributed by atoms with Gasteiger partial charge in [0.25, 0.3) is 11.8 Å². The van der Waals surface area contributed by atoms with Gasteiger partial charge in [0.15, 0.2) is 0 Å². The molecule has 0 spiro atoms. The number of fused-ring (bicyclic) bond motifs is 1. The second-order valence-corrected chi connectivity index (χ2v) is 6.38. The van der Waals surface area contributed by atoms with Crippen molar-refractivity contribution in [1.29, 1.82) is 0 Å². The van der Waals surface area contributed by atoms with Crippen LogP contribution < -0.4 is 16.0 Å². The molecule has 1 fully saturated rings. The lowest BCUT2D eigenvalue weighted by Crippen LogP contribution is -2.54. The van der Waals surface area contributed by atoms with Crippen LogP contribution in [0.1, 0.15) is 46.4 Å². The van der Waals surface area contributed by atoms with Crippen molar-refractivity contribution in [3.63, 3.8) is 0 Å². The number of nitrogens with one attached hydrogen (secondary N) is 3. The maximum absolute atomic E-state index is 12.9. The summed E-state index contributed by atoms with van der Waals surface area (Å²) in [5.41, 5.74) is 0.922. The first-order valence-electron chi connectivity index (χ1n) is 8.73. The monoisotopic (exact) mass is 372 g/mol. The Hall–Kier alpha value is -3.23. The van der Waals surface area contributed by atoms with E-state index in [4.69, 9.17) is 0 Å². The third kappa shape index (κ3) is 3.53. The summed E-state index contributed by atoms with van der Waals surface area (Å²) >= 11 is 0. The van der Waals surface area contributed by atoms with Gasteiger partial charge < -0.3 is 10.6 Å². The summed E-state index contributed by atoms with van der Waals surface area (Å²) in [6, 6.07) is 3.88. The molecule has 9 heteroatoms. The van der Waals surface area contributed by atoms with Gasteiger partial charge in [0.2, 0.25) is 17.7 Å². The molecule has 1 saturated heterocycles. The van der Waals surface area contributed by atoms with Gasteiger partial charge in [0.05, 0.1) is 11.1 Å². The molecule has 142 valence electrons. The Morgan fingerprint density at radius 1 is 1.22 bits per heavy atom. The summed E-state index contributed by atoms with van der Waals surface area (Å²) in [5.74, 6) is -2.23. The number of imide groups is 2. The maximum atomic E-state index is 12.9. The first-order chi connectivity index (χ1) is 12.9. The average Bonchev–Trinajstić information content (AvgIpc) is 2.90. The van der Waals surface area contributed by atoms with Gasteiger partial charge in [0, 0.05) is 32.1 Å². The molecule has 0 aliphatic carbocycles. The van der Waals surface area contributed by atoms with E-state index in [2.05, 4.69) is 16.0 Å². The molecule has 1 aromatic rings. The number of amides is 5. The zero-order valence-corrected chi connectivity index (χ0v) is 14.8. The lowest BCUT2D eigenvalue weighted by molar-refractivity contribution is -0.136. The zero-order chi connectivity index (χ0) is 19.6. The van der Waals surface area contributed by atoms with Crippen LogP contribution in [0.25, 0.3) is 0 Å². The van der Waals surface area contributed by atoms with Crippen LogP contribution in [0.15, 0.2) is 18.2 Å². The number of hydrogen-bond donors (Lipinski definition) is 3. The molecule has 9 nitrogen and oxygen atoms in total. The Labute approximate surface area is 155 Å². The number of anilines is 1. The molecule has 1 aromatic carbocycles. The largest absolute Gasteiger partial charge is 0.384 e. The molecule has 27 heavy (non-hydrogen) atoms. The lowest BCUT2D eigenvalue weighted by atomic mass is 10.0. The van der Waals surface area contributed by atoms with E-state index in [-0.39, 0.29) is 29.9 Å². The second kappa shape index (κ2) is 7.56. The first-order valence-corrected chi connectivity index (χ1v) is 8.73. The molecule has 2 aliphatic rings. The Balaban J connectivity index is 1.77. The highest BCUT2D eigenvalue weighted by atomic mass is 16.2. The predicted molar refractivity (Wildman–Crippen MR) is 94.9 cm³/mol. The van der Waals surface area contributed by atoms with Crippen LogP contribution in [0.5, 0.6) is 0 Å². The van der Waals surface area contributed by atoms with E-state index in [1.54, 1.807) is 19.2 Å². The van der Waals surface area contributed by atoms with Gasteiger partial charge in [-0.05, 0) is 25.0 Å². The number of carbonyl (C=O) groups is 5. The molecule has 5 amide bonds. The highest BCUT2D eigenvalue weighted by molar-refractivity contribution is 6.25. The number of carbonyl (C=O) groups excluding carboxylic acids is 5. The van der Waals surface area contributed by atoms with Gasteiger partial charge >= 0.3 is 0 Å². The molecule has 0 saturated carbocycles. The highest BCUT2D eigenvalue weighted by Gasteiger charge is 2.45. The van der Waals surface area contributed by atoms with Gasteiger partial charge in [-0.1, -0.05) is 6.07 Å². The van der Waals surface area contributed by atoms with Crippen LogP contribution in [0, 0.1) is 0 Å². The van der Waals surface area contributed by atoms with Gasteiger partial charge in [-0.3, -0.25) is 34.2 Å². The quantitative estimate of drug-likeness (QED) is 0.478. The molecule has 0 radical (unpaired) electrons. The molecule has 3 rings (SSSR count). The van der Waals surface area contributed by atoms with Gasteiger partial charge in [-0.2, -0.15) is 0 Å². The van der Waals surface area contributed by atoms with Gasteiger partial charge in [-0.15, -0.1) is 0 Å². The van der Waals surface area contributed by atoms with Crippen LogP contribution in [0.2, 0.25) is 0 Å². The first kappa shape index (κ1) is 18.6. The minimum absolute atomic E-state index is 0.0778. The molecule has 3 N–H and O–H groups in total. The van der Waals surface area contributed by atoms with Crippen molar-refractivity contribution in [1.82, 2.24) is 15.5 Å². The normalized spacial score (nSPS) is 19.0. The van der Waals surface area contributed by atoms with Crippen molar-refractivity contribution in [2.75, 3.05) is 18.9 Å². The summed E-state index contributed by atoms with van der Waals surface area (Å²) in [6.45, 7) is 0.448. The number of piperidine rings is 1. The number of rotatable bonds is 6. The van der Waals surface area contributed by atoms with E-state index >= 15 is 0 Å². The topological polar surface area (TPSA) is 125 Å². The Kier molecular flexibility index (Phi) is 5.20. The predicted octanol–water partition coefficient (Wildman–Crippen LogP) is 0.0259. The van der Waals surface area contributed by atoms with Crippen molar-refractivity contribution in [3.05, 3.63) is 29.3 Å². The van der Waals surface area contributed by atoms with E-state index in [9.17, 15) is 24.0 Å². The average molecular weight is 372 g/mol. The summed E-state index contributed by atoms with van der Waals surface area (Å²) < 4.78 is 0. The van der Waals surface area contributed by atoms with Crippen LogP contribution in [0.3, 0.4) is 0 Å². The fourth-order valence-corrected chi connectivity index (χ4v) is 3.26. The smallest absolute Gasteiger partial charge is 0.264 e. The Morgan fingerprint density at radius 2 is 2.00 bits per heavy atom. The third-order valence-corrected chi connectivity index (χ3v) is 4.64. The van der Waals surface area contributed by atoms with Gasteiger partial charge in [0.1, 0.15) is 6.04 Å². The number of nitrogens with zero attached hydrogens (tertiary/aromatic N) is 1. The zero-order valence-electron chi connectivity index (χ0n) is 14.8. The summed E-state index contributed by atoms with van der Waals surface area (Å²) in [6.07, 6.45) is 1.09. The highest BCUT2D eigenvalue weighted by Crippen LogP contribution is 2.32. The third-order valence-electron chi connectivity index (χ3n) is 4.64. The molecule has 1 atom stereocenters. The maximum Gasteiger partial charge on any atom is 0.264 e. The molecule has 2 aliphatic heterocycles. The lowest BCUT2D eigenvalue weighted by Gasteiger charge is -2.27. The van der Waals surface area contributed by atoms with E-state index in [1.807, 2.05) is 0 Å². The molecule has 1 unspecified atom stereocenters. The minimum Gasteiger partial charge on any atom is -0.384 e. The minimum atomic E-state index is -0.990. The summed E-state index contributed by atoms with van der Waals surface area (Å²) in [7, 11) is 1.56. The van der Waals surface area contributed by atoms with E-state index in [0.717, 1.165) is 4.90 Å². The van der Waals surface area contributed by atoms with Crippen molar-refractivity contribution >= 4 is 35.2 Å². The molecular formula is C18H20N4O5. The standard InChI is InChI=1S/C18H20N4O5/c1-19-13(23)6-3-9-20-11-5-2-4-10-15(11)18(27)22(17(10)26)12-7-8-14(24)21-16(12)25/h2,4-5,12,20H,3,6-9H2,1H3,(H,19,23)(H,21,24,25). The van der Waals surface area contributed by atoms with Crippen molar-refractivity contribution in [3.8, 4) is 0 Å². The molecule has 0 aromatic heterocycles. The SMILES string of the molecule is CNC(=O)CCCNc1cccc2c1C(=O)N(C1CCC(=O)NC1=O)C2=O. The fourth-order valence-electron chi connectivity index (χ4n) is 3.26. The number of benzene rings is 1. The molecule has 2 heterocycles. The Bertz CT molecular complexity index is 835. The Morgan fingerprint density at radius 3 is 2.70 bits per heavy atom. The van der Waals surface area contributed by atoms with Crippen LogP contribution in [-0.4, -0.2) is 54.1 Å². The van der Waals surface area contributed by atoms with Crippen LogP contribution in [0.4, 0.5) is 5.69 Å². The molecule has 0 bridgehead atoms. The summed E-state index contributed by atoms with van der Waals surface area (Å²) in [5, 5.41) is 7.79. The van der Waals surface area contributed by atoms with Crippen molar-refractivity contribution in [2.24, 2.45) is 0 Å². The van der Waals surface area contributed by atoms with E-state index in [1.165, 1.54) is 6.07 Å². The van der Waals surface area contributed by atoms with Gasteiger partial charge in [-0.25, -0.2) is 0 Å². The van der Waals surface area contributed by atoms with Crippen LogP contribution in [-0.2, 0) is 14.4 Å². The van der Waals surface area contributed by atoms with E-state index < -0.39 is 29.7 Å². The number of hydrogen-bond acceptors (Lipinski definition) is 6. The van der Waals surface area contributed by atoms with E-state index in [0.29, 0.717) is 25.1 Å². The summed E-state index contributed by atoms with van der Waals surface area (Å²) in [4.78, 5) is 61.2. The second-order valence-electron chi connectivity index (χ2n) is 6.38. The van der Waals surface area contributed by atoms with Crippen LogP contribution >= 0.6 is 0 Å². The fraction of sp³-hybridized carbons (Fsp3) is 0.389.